The molecule has 24 heavy (non-hydrogen) atoms. The number of amides is 1. The Balaban J connectivity index is 1.87. The van der Waals surface area contributed by atoms with Gasteiger partial charge in [-0.1, -0.05) is 24.3 Å². The Hall–Kier alpha value is -3.01. The van der Waals surface area contributed by atoms with E-state index in [1.54, 1.807) is 4.90 Å². The van der Waals surface area contributed by atoms with Crippen molar-refractivity contribution in [2.24, 2.45) is 0 Å². The van der Waals surface area contributed by atoms with Crippen LogP contribution in [0.2, 0.25) is 0 Å². The Morgan fingerprint density at radius 1 is 1.00 bits per heavy atom. The lowest BCUT2D eigenvalue weighted by atomic mass is 10.0. The van der Waals surface area contributed by atoms with Gasteiger partial charge in [-0.2, -0.15) is 0 Å². The molecule has 4 heteroatoms. The van der Waals surface area contributed by atoms with Crippen molar-refractivity contribution in [3.8, 4) is 0 Å². The number of hydrogen-bond acceptors (Lipinski definition) is 3. The van der Waals surface area contributed by atoms with Crippen LogP contribution >= 0.6 is 0 Å². The van der Waals surface area contributed by atoms with E-state index in [2.05, 4.69) is 5.32 Å². The summed E-state index contributed by atoms with van der Waals surface area (Å²) in [5, 5.41) is 3.44. The number of benzene rings is 2. The molecule has 1 aromatic heterocycles. The number of anilines is 2. The fraction of sp³-hybridized carbons (Fsp3) is 0.150. The van der Waals surface area contributed by atoms with Crippen LogP contribution in [-0.2, 0) is 0 Å². The summed E-state index contributed by atoms with van der Waals surface area (Å²) < 4.78 is 5.81. The zero-order chi connectivity index (χ0) is 16.7. The SMILES string of the molecule is Cc1cccc(N2C(=O)c3ccccc3NC2c2ccc(C)o2)c1. The lowest BCUT2D eigenvalue weighted by Gasteiger charge is -2.36. The average Bonchev–Trinajstić information content (AvgIpc) is 3.01. The highest BCUT2D eigenvalue weighted by molar-refractivity contribution is 6.12. The first-order chi connectivity index (χ1) is 11.6. The summed E-state index contributed by atoms with van der Waals surface area (Å²) in [7, 11) is 0. The fourth-order valence-corrected chi connectivity index (χ4v) is 3.10. The molecule has 2 heterocycles. The molecular weight excluding hydrogens is 300 g/mol. The maximum Gasteiger partial charge on any atom is 0.262 e. The first-order valence-electron chi connectivity index (χ1n) is 7.95. The number of nitrogens with one attached hydrogen (secondary N) is 1. The van der Waals surface area contributed by atoms with E-state index < -0.39 is 0 Å². The fourth-order valence-electron chi connectivity index (χ4n) is 3.10. The van der Waals surface area contributed by atoms with Crippen LogP contribution in [0.5, 0.6) is 0 Å². The van der Waals surface area contributed by atoms with Crippen LogP contribution < -0.4 is 10.2 Å². The average molecular weight is 318 g/mol. The second kappa shape index (κ2) is 5.57. The van der Waals surface area contributed by atoms with Gasteiger partial charge in [-0.3, -0.25) is 9.69 Å². The highest BCUT2D eigenvalue weighted by atomic mass is 16.3. The summed E-state index contributed by atoms with van der Waals surface area (Å²) in [5.74, 6) is 1.51. The lowest BCUT2D eigenvalue weighted by molar-refractivity contribution is 0.0971. The van der Waals surface area contributed by atoms with Gasteiger partial charge in [-0.25, -0.2) is 0 Å². The van der Waals surface area contributed by atoms with Crippen molar-refractivity contribution in [3.05, 3.63) is 83.3 Å². The van der Waals surface area contributed by atoms with E-state index in [1.165, 1.54) is 0 Å². The molecule has 1 atom stereocenters. The van der Waals surface area contributed by atoms with Crippen LogP contribution in [0.25, 0.3) is 0 Å². The normalized spacial score (nSPS) is 16.7. The molecule has 0 spiro atoms. The van der Waals surface area contributed by atoms with Crippen LogP contribution in [0.3, 0.4) is 0 Å². The molecule has 0 saturated heterocycles. The van der Waals surface area contributed by atoms with E-state index in [-0.39, 0.29) is 12.1 Å². The summed E-state index contributed by atoms with van der Waals surface area (Å²) in [6.45, 7) is 3.92. The first kappa shape index (κ1) is 14.6. The third-order valence-corrected chi connectivity index (χ3v) is 4.24. The van der Waals surface area contributed by atoms with Crippen molar-refractivity contribution >= 4 is 17.3 Å². The largest absolute Gasteiger partial charge is 0.462 e. The Bertz CT molecular complexity index is 913. The van der Waals surface area contributed by atoms with Crippen molar-refractivity contribution in [1.82, 2.24) is 0 Å². The second-order valence-electron chi connectivity index (χ2n) is 6.06. The lowest BCUT2D eigenvalue weighted by Crippen LogP contribution is -2.43. The van der Waals surface area contributed by atoms with Crippen molar-refractivity contribution < 1.29 is 9.21 Å². The minimum absolute atomic E-state index is 0.0333. The highest BCUT2D eigenvalue weighted by Gasteiger charge is 2.35. The number of rotatable bonds is 2. The van der Waals surface area contributed by atoms with E-state index >= 15 is 0 Å². The van der Waals surface area contributed by atoms with Gasteiger partial charge in [0.15, 0.2) is 6.17 Å². The van der Waals surface area contributed by atoms with Gasteiger partial charge in [0.2, 0.25) is 0 Å². The number of aryl methyl sites for hydroxylation is 2. The summed E-state index contributed by atoms with van der Waals surface area (Å²) in [4.78, 5) is 14.9. The van der Waals surface area contributed by atoms with Crippen molar-refractivity contribution in [1.29, 1.82) is 0 Å². The summed E-state index contributed by atoms with van der Waals surface area (Å²) in [6, 6.07) is 19.3. The standard InChI is InChI=1S/C20H18N2O2/c1-13-6-5-7-15(12-13)22-19(18-11-10-14(2)24-18)21-17-9-4-3-8-16(17)20(22)23/h3-12,19,21H,1-2H3. The van der Waals surface area contributed by atoms with Gasteiger partial charge in [-0.05, 0) is 55.8 Å². The molecule has 0 bridgehead atoms. The molecule has 0 fully saturated rings. The Morgan fingerprint density at radius 3 is 2.58 bits per heavy atom. The van der Waals surface area contributed by atoms with Crippen LogP contribution in [0.15, 0.2) is 65.1 Å². The predicted octanol–water partition coefficient (Wildman–Crippen LogP) is 4.67. The Morgan fingerprint density at radius 2 is 1.83 bits per heavy atom. The molecular formula is C20H18N2O2. The maximum absolute atomic E-state index is 13.2. The van der Waals surface area contributed by atoms with Crippen molar-refractivity contribution in [3.63, 3.8) is 0 Å². The van der Waals surface area contributed by atoms with E-state index in [1.807, 2.05) is 74.5 Å². The monoisotopic (exact) mass is 318 g/mol. The zero-order valence-electron chi connectivity index (χ0n) is 13.6. The number of hydrogen-bond donors (Lipinski definition) is 1. The van der Waals surface area contributed by atoms with E-state index in [0.717, 1.165) is 28.5 Å². The number of carbonyl (C=O) groups excluding carboxylic acids is 1. The molecule has 3 aromatic rings. The molecule has 1 aliphatic rings. The number of para-hydroxylation sites is 1. The van der Waals surface area contributed by atoms with Crippen molar-refractivity contribution in [2.75, 3.05) is 10.2 Å². The van der Waals surface area contributed by atoms with Gasteiger partial charge >= 0.3 is 0 Å². The predicted molar refractivity (Wildman–Crippen MR) is 94.2 cm³/mol. The molecule has 0 saturated carbocycles. The first-order valence-corrected chi connectivity index (χ1v) is 7.95. The van der Waals surface area contributed by atoms with Crippen LogP contribution in [-0.4, -0.2) is 5.91 Å². The summed E-state index contributed by atoms with van der Waals surface area (Å²) in [5.41, 5.74) is 3.44. The van der Waals surface area contributed by atoms with Gasteiger partial charge in [0.05, 0.1) is 5.56 Å². The number of fused-ring (bicyclic) bond motifs is 1. The topological polar surface area (TPSA) is 45.5 Å². The number of nitrogens with zero attached hydrogens (tertiary/aromatic N) is 1. The second-order valence-corrected chi connectivity index (χ2v) is 6.06. The molecule has 2 aromatic carbocycles. The summed E-state index contributed by atoms with van der Waals surface area (Å²) in [6.07, 6.45) is -0.372. The van der Waals surface area contributed by atoms with Gasteiger partial charge in [-0.15, -0.1) is 0 Å². The van der Waals surface area contributed by atoms with E-state index in [9.17, 15) is 4.79 Å². The highest BCUT2D eigenvalue weighted by Crippen LogP contribution is 2.37. The molecule has 120 valence electrons. The van der Waals surface area contributed by atoms with Gasteiger partial charge in [0.25, 0.3) is 5.91 Å². The third-order valence-electron chi connectivity index (χ3n) is 4.24. The van der Waals surface area contributed by atoms with Crippen LogP contribution in [0.4, 0.5) is 11.4 Å². The molecule has 0 aliphatic carbocycles. The summed E-state index contributed by atoms with van der Waals surface area (Å²) >= 11 is 0. The van der Waals surface area contributed by atoms with Crippen LogP contribution in [0.1, 0.15) is 33.6 Å². The zero-order valence-corrected chi connectivity index (χ0v) is 13.6. The molecule has 1 unspecified atom stereocenters. The molecule has 4 rings (SSSR count). The van der Waals surface area contributed by atoms with Crippen molar-refractivity contribution in [2.45, 2.75) is 20.0 Å². The maximum atomic E-state index is 13.2. The van der Waals surface area contributed by atoms with Gasteiger partial charge in [0, 0.05) is 11.4 Å². The van der Waals surface area contributed by atoms with E-state index in [4.69, 9.17) is 4.42 Å². The van der Waals surface area contributed by atoms with Crippen LogP contribution in [0, 0.1) is 13.8 Å². The van der Waals surface area contributed by atoms with Gasteiger partial charge < -0.3 is 9.73 Å². The third kappa shape index (κ3) is 2.36. The molecule has 4 nitrogen and oxygen atoms in total. The van der Waals surface area contributed by atoms with E-state index in [0.29, 0.717) is 5.56 Å². The smallest absolute Gasteiger partial charge is 0.262 e. The number of furan rings is 1. The Kier molecular flexibility index (Phi) is 3.38. The molecule has 1 N–H and O–H groups in total. The number of carbonyl (C=O) groups is 1. The minimum atomic E-state index is -0.372. The molecule has 1 amide bonds. The quantitative estimate of drug-likeness (QED) is 0.747. The van der Waals surface area contributed by atoms with Gasteiger partial charge in [0.1, 0.15) is 11.5 Å². The molecule has 1 aliphatic heterocycles. The molecule has 0 radical (unpaired) electrons. The minimum Gasteiger partial charge on any atom is -0.462 e. The Labute approximate surface area is 140 Å².